The van der Waals surface area contributed by atoms with Crippen molar-refractivity contribution in [1.29, 1.82) is 0 Å². The smallest absolute Gasteiger partial charge is 0.241 e. The minimum Gasteiger partial charge on any atom is -0.394 e. The van der Waals surface area contributed by atoms with Gasteiger partial charge in [-0.3, -0.25) is 0 Å². The van der Waals surface area contributed by atoms with E-state index in [1.54, 1.807) is 10.7 Å². The molecule has 9 heteroatoms. The number of hydrogen-bond acceptors (Lipinski definition) is 7. The van der Waals surface area contributed by atoms with E-state index < -0.39 is 0 Å². The van der Waals surface area contributed by atoms with Crippen LogP contribution in [-0.2, 0) is 4.74 Å². The van der Waals surface area contributed by atoms with Gasteiger partial charge in [0.25, 0.3) is 0 Å². The summed E-state index contributed by atoms with van der Waals surface area (Å²) in [6.45, 7) is 0.456. The molecule has 0 radical (unpaired) electrons. The Morgan fingerprint density at radius 3 is 2.93 bits per heavy atom. The predicted molar refractivity (Wildman–Crippen MR) is 98.4 cm³/mol. The van der Waals surface area contributed by atoms with Crippen LogP contribution in [0.4, 0.5) is 5.95 Å². The fourth-order valence-electron chi connectivity index (χ4n) is 3.36. The molecule has 0 unspecified atom stereocenters. The van der Waals surface area contributed by atoms with Crippen LogP contribution in [0, 0.1) is 0 Å². The molecule has 27 heavy (non-hydrogen) atoms. The summed E-state index contributed by atoms with van der Waals surface area (Å²) in [5, 5.41) is 21.3. The van der Waals surface area contributed by atoms with Gasteiger partial charge in [-0.2, -0.15) is 5.10 Å². The van der Waals surface area contributed by atoms with Crippen LogP contribution in [0.5, 0.6) is 0 Å². The van der Waals surface area contributed by atoms with Gasteiger partial charge in [-0.15, -0.1) is 5.10 Å². The number of imidazole rings is 1. The van der Waals surface area contributed by atoms with Crippen molar-refractivity contribution in [2.45, 2.75) is 25.0 Å². The molecule has 0 saturated heterocycles. The standard InChI is InChI=1S/C18H19N7O2/c26-7-8-27-13-9-12(10-13)21-18-20-11-16-14(3-5-24(16)23-18)15-1-2-17-19-4-6-25(17)22-15/h1-6,11-13,26H,7-10H2,(H,21,23). The van der Waals surface area contributed by atoms with Crippen molar-refractivity contribution in [3.63, 3.8) is 0 Å². The van der Waals surface area contributed by atoms with E-state index >= 15 is 0 Å². The molecule has 1 aliphatic carbocycles. The molecule has 0 aromatic carbocycles. The Bertz CT molecular complexity index is 1080. The number of aliphatic hydroxyl groups is 1. The number of nitrogens with zero attached hydrogens (tertiary/aromatic N) is 6. The zero-order valence-electron chi connectivity index (χ0n) is 14.6. The number of hydrogen-bond donors (Lipinski definition) is 2. The lowest BCUT2D eigenvalue weighted by Gasteiger charge is -2.35. The van der Waals surface area contributed by atoms with Gasteiger partial charge in [0.2, 0.25) is 5.95 Å². The first-order chi connectivity index (χ1) is 13.3. The molecular formula is C18H19N7O2. The maximum absolute atomic E-state index is 8.79. The summed E-state index contributed by atoms with van der Waals surface area (Å²) in [5.41, 5.74) is 3.52. The number of anilines is 1. The Morgan fingerprint density at radius 1 is 1.11 bits per heavy atom. The molecule has 1 fully saturated rings. The lowest BCUT2D eigenvalue weighted by Crippen LogP contribution is -2.41. The number of fused-ring (bicyclic) bond motifs is 2. The van der Waals surface area contributed by atoms with Gasteiger partial charge in [-0.25, -0.2) is 19.0 Å². The maximum atomic E-state index is 8.79. The van der Waals surface area contributed by atoms with Crippen LogP contribution in [0.25, 0.3) is 22.4 Å². The van der Waals surface area contributed by atoms with Crippen molar-refractivity contribution in [1.82, 2.24) is 29.2 Å². The topological polar surface area (TPSA) is 102 Å². The summed E-state index contributed by atoms with van der Waals surface area (Å²) in [6, 6.07) is 6.17. The molecule has 0 spiro atoms. The van der Waals surface area contributed by atoms with Gasteiger partial charge < -0.3 is 15.2 Å². The zero-order valence-corrected chi connectivity index (χ0v) is 14.6. The monoisotopic (exact) mass is 365 g/mol. The van der Waals surface area contributed by atoms with Crippen LogP contribution in [-0.4, -0.2) is 59.7 Å². The van der Waals surface area contributed by atoms with Crippen molar-refractivity contribution < 1.29 is 9.84 Å². The van der Waals surface area contributed by atoms with E-state index in [1.165, 1.54) is 0 Å². The van der Waals surface area contributed by atoms with Crippen LogP contribution >= 0.6 is 0 Å². The summed E-state index contributed by atoms with van der Waals surface area (Å²) < 4.78 is 9.05. The van der Waals surface area contributed by atoms with Gasteiger partial charge in [-0.1, -0.05) is 0 Å². The highest BCUT2D eigenvalue weighted by Crippen LogP contribution is 2.27. The van der Waals surface area contributed by atoms with Crippen molar-refractivity contribution in [2.75, 3.05) is 18.5 Å². The van der Waals surface area contributed by atoms with Crippen molar-refractivity contribution in [2.24, 2.45) is 0 Å². The predicted octanol–water partition coefficient (Wildman–Crippen LogP) is 1.39. The van der Waals surface area contributed by atoms with Crippen LogP contribution in [0.15, 0.2) is 43.0 Å². The minimum absolute atomic E-state index is 0.0625. The molecule has 0 amide bonds. The summed E-state index contributed by atoms with van der Waals surface area (Å²) in [6.07, 6.45) is 9.27. The summed E-state index contributed by atoms with van der Waals surface area (Å²) in [5.74, 6) is 0.591. The molecule has 1 aliphatic rings. The third-order valence-corrected chi connectivity index (χ3v) is 4.82. The van der Waals surface area contributed by atoms with E-state index in [0.717, 1.165) is 35.3 Å². The highest BCUT2D eigenvalue weighted by molar-refractivity contribution is 5.78. The second-order valence-electron chi connectivity index (χ2n) is 6.62. The van der Waals surface area contributed by atoms with E-state index in [4.69, 9.17) is 9.84 Å². The maximum Gasteiger partial charge on any atom is 0.241 e. The molecule has 4 heterocycles. The molecule has 138 valence electrons. The molecule has 0 bridgehead atoms. The normalized spacial score (nSPS) is 19.4. The fourth-order valence-corrected chi connectivity index (χ4v) is 3.36. The first kappa shape index (κ1) is 16.2. The second kappa shape index (κ2) is 6.60. The number of aromatic nitrogens is 6. The van der Waals surface area contributed by atoms with Crippen LogP contribution in [0.3, 0.4) is 0 Å². The minimum atomic E-state index is 0.0625. The Hall–Kier alpha value is -3.04. The fraction of sp³-hybridized carbons (Fsp3) is 0.333. The summed E-state index contributed by atoms with van der Waals surface area (Å²) in [4.78, 5) is 8.67. The van der Waals surface area contributed by atoms with Gasteiger partial charge in [-0.05, 0) is 31.0 Å². The number of aliphatic hydroxyl groups excluding tert-OH is 1. The number of rotatable bonds is 6. The van der Waals surface area contributed by atoms with Gasteiger partial charge in [0, 0.05) is 30.2 Å². The largest absolute Gasteiger partial charge is 0.394 e. The first-order valence-corrected chi connectivity index (χ1v) is 8.94. The van der Waals surface area contributed by atoms with Gasteiger partial charge in [0.15, 0.2) is 5.65 Å². The molecule has 4 aromatic heterocycles. The lowest BCUT2D eigenvalue weighted by atomic mass is 9.89. The quantitative estimate of drug-likeness (QED) is 0.532. The molecule has 2 N–H and O–H groups in total. The second-order valence-corrected chi connectivity index (χ2v) is 6.62. The molecular weight excluding hydrogens is 346 g/mol. The van der Waals surface area contributed by atoms with Crippen molar-refractivity contribution >= 4 is 17.1 Å². The Kier molecular flexibility index (Phi) is 3.95. The van der Waals surface area contributed by atoms with Crippen LogP contribution in [0.1, 0.15) is 12.8 Å². The van der Waals surface area contributed by atoms with E-state index in [2.05, 4.69) is 25.5 Å². The van der Waals surface area contributed by atoms with Crippen molar-refractivity contribution in [3.8, 4) is 11.3 Å². The van der Waals surface area contributed by atoms with Crippen LogP contribution in [0.2, 0.25) is 0 Å². The van der Waals surface area contributed by atoms with E-state index in [-0.39, 0.29) is 12.7 Å². The van der Waals surface area contributed by atoms with Gasteiger partial charge in [0.05, 0.1) is 36.7 Å². The Labute approximate surface area is 154 Å². The number of nitrogens with one attached hydrogen (secondary N) is 1. The van der Waals surface area contributed by atoms with Gasteiger partial charge >= 0.3 is 0 Å². The van der Waals surface area contributed by atoms with Crippen molar-refractivity contribution in [3.05, 3.63) is 43.0 Å². The average molecular weight is 365 g/mol. The zero-order chi connectivity index (χ0) is 18.2. The average Bonchev–Trinajstić information content (AvgIpc) is 3.28. The SMILES string of the molecule is OCCOC1CC(Nc2ncc3c(-c4ccc5nccn5n4)ccn3n2)C1. The molecule has 1 saturated carbocycles. The van der Waals surface area contributed by atoms with E-state index in [9.17, 15) is 0 Å². The molecule has 4 aromatic rings. The lowest BCUT2D eigenvalue weighted by molar-refractivity contribution is -0.0196. The molecule has 0 atom stereocenters. The third-order valence-electron chi connectivity index (χ3n) is 4.82. The highest BCUT2D eigenvalue weighted by atomic mass is 16.5. The van der Waals surface area contributed by atoms with Crippen LogP contribution < -0.4 is 5.32 Å². The molecule has 0 aliphatic heterocycles. The van der Waals surface area contributed by atoms with Gasteiger partial charge in [0.1, 0.15) is 0 Å². The summed E-state index contributed by atoms with van der Waals surface area (Å²) in [7, 11) is 0. The Balaban J connectivity index is 1.34. The van der Waals surface area contributed by atoms with E-state index in [0.29, 0.717) is 18.6 Å². The first-order valence-electron chi connectivity index (χ1n) is 8.94. The highest BCUT2D eigenvalue weighted by Gasteiger charge is 2.30. The third kappa shape index (κ3) is 3.00. The Morgan fingerprint density at radius 2 is 2.04 bits per heavy atom. The molecule has 5 rings (SSSR count). The number of ether oxygens (including phenoxy) is 1. The summed E-state index contributed by atoms with van der Waals surface area (Å²) >= 11 is 0. The molecule has 9 nitrogen and oxygen atoms in total. The van der Waals surface area contributed by atoms with E-state index in [1.807, 2.05) is 41.3 Å².